The third kappa shape index (κ3) is 3.67. The molecule has 0 aromatic carbocycles. The van der Waals surface area contributed by atoms with Crippen LogP contribution < -0.4 is 5.32 Å². The molecule has 120 valence electrons. The number of hydrogen-bond acceptors (Lipinski definition) is 3. The van der Waals surface area contributed by atoms with Gasteiger partial charge in [0.25, 0.3) is 0 Å². The van der Waals surface area contributed by atoms with E-state index in [-0.39, 0.29) is 17.5 Å². The minimum Gasteiger partial charge on any atom is -0.336 e. The maximum absolute atomic E-state index is 12.2. The van der Waals surface area contributed by atoms with Crippen LogP contribution >= 0.6 is 0 Å². The van der Waals surface area contributed by atoms with Gasteiger partial charge in [0.05, 0.1) is 0 Å². The first kappa shape index (κ1) is 15.5. The molecule has 1 saturated carbocycles. The maximum Gasteiger partial charge on any atom is 0.224 e. The summed E-state index contributed by atoms with van der Waals surface area (Å²) in [4.78, 5) is 18.7. The summed E-state index contributed by atoms with van der Waals surface area (Å²) < 4.78 is 0. The first-order chi connectivity index (χ1) is 10.4. The second-order valence-corrected chi connectivity index (χ2v) is 7.71. The fourth-order valence-corrected chi connectivity index (χ4v) is 3.37. The summed E-state index contributed by atoms with van der Waals surface area (Å²) in [6.45, 7) is 7.16. The van der Waals surface area contributed by atoms with Crippen LogP contribution in [0.15, 0.2) is 24.4 Å². The van der Waals surface area contributed by atoms with Gasteiger partial charge in [-0.15, -0.1) is 0 Å². The van der Waals surface area contributed by atoms with Gasteiger partial charge in [0.1, 0.15) is 0 Å². The lowest BCUT2D eigenvalue weighted by atomic mass is 10.0. The number of likely N-dealkylation sites (tertiary alicyclic amines) is 1. The van der Waals surface area contributed by atoms with Gasteiger partial charge in [0, 0.05) is 48.9 Å². The predicted molar refractivity (Wildman–Crippen MR) is 87.5 cm³/mol. The molecule has 22 heavy (non-hydrogen) atoms. The van der Waals surface area contributed by atoms with Gasteiger partial charge in [-0.3, -0.25) is 9.78 Å². The highest BCUT2D eigenvalue weighted by molar-refractivity contribution is 5.80. The second-order valence-electron chi connectivity index (χ2n) is 7.71. The Hall–Kier alpha value is -1.42. The molecule has 0 spiro atoms. The molecule has 1 aromatic rings. The number of rotatable bonds is 5. The summed E-state index contributed by atoms with van der Waals surface area (Å²) in [6, 6.07) is 6.83. The van der Waals surface area contributed by atoms with Crippen molar-refractivity contribution in [2.45, 2.75) is 64.1 Å². The van der Waals surface area contributed by atoms with Gasteiger partial charge in [-0.05, 0) is 51.7 Å². The van der Waals surface area contributed by atoms with Crippen LogP contribution in [0, 0.1) is 5.92 Å². The lowest BCUT2D eigenvalue weighted by Gasteiger charge is -2.32. The van der Waals surface area contributed by atoms with Crippen LogP contribution in [0.2, 0.25) is 0 Å². The number of aromatic nitrogens is 1. The third-order valence-corrected chi connectivity index (χ3v) is 4.73. The zero-order valence-corrected chi connectivity index (χ0v) is 13.9. The average molecular weight is 301 g/mol. The Labute approximate surface area is 133 Å². The topological polar surface area (TPSA) is 45.2 Å². The molecule has 1 aromatic heterocycles. The summed E-state index contributed by atoms with van der Waals surface area (Å²) in [5, 5.41) is 3.76. The summed E-state index contributed by atoms with van der Waals surface area (Å²) >= 11 is 0. The Bertz CT molecular complexity index is 519. The van der Waals surface area contributed by atoms with Gasteiger partial charge < -0.3 is 10.2 Å². The molecule has 0 unspecified atom stereocenters. The van der Waals surface area contributed by atoms with E-state index in [0.29, 0.717) is 12.5 Å². The molecule has 3 rings (SSSR count). The predicted octanol–water partition coefficient (Wildman–Crippen LogP) is 2.39. The number of nitrogens with one attached hydrogen (secondary N) is 1. The van der Waals surface area contributed by atoms with Gasteiger partial charge in [0.15, 0.2) is 0 Å². The minimum absolute atomic E-state index is 0.0798. The number of nitrogens with zero attached hydrogens (tertiary/aromatic N) is 2. The quantitative estimate of drug-likeness (QED) is 0.908. The fourth-order valence-electron chi connectivity index (χ4n) is 3.37. The fraction of sp³-hybridized carbons (Fsp3) is 0.667. The van der Waals surface area contributed by atoms with Crippen LogP contribution in [0.25, 0.3) is 0 Å². The van der Waals surface area contributed by atoms with Crippen LogP contribution in [0.4, 0.5) is 0 Å². The van der Waals surface area contributed by atoms with E-state index in [1.165, 1.54) is 12.8 Å². The van der Waals surface area contributed by atoms with Crippen molar-refractivity contribution in [1.29, 1.82) is 0 Å². The molecular weight excluding hydrogens is 274 g/mol. The normalized spacial score (nSPS) is 23.9. The van der Waals surface area contributed by atoms with E-state index in [2.05, 4.69) is 37.1 Å². The lowest BCUT2D eigenvalue weighted by molar-refractivity contribution is -0.131. The molecular formula is C18H27N3O. The van der Waals surface area contributed by atoms with Gasteiger partial charge in [-0.25, -0.2) is 0 Å². The minimum atomic E-state index is -0.0798. The molecule has 4 heteroatoms. The molecule has 0 radical (unpaired) electrons. The van der Waals surface area contributed by atoms with E-state index >= 15 is 0 Å². The summed E-state index contributed by atoms with van der Waals surface area (Å²) in [5.41, 5.74) is 1.06. The van der Waals surface area contributed by atoms with Crippen molar-refractivity contribution in [2.75, 3.05) is 6.54 Å². The van der Waals surface area contributed by atoms with Gasteiger partial charge in [-0.2, -0.15) is 0 Å². The molecule has 1 saturated heterocycles. The lowest BCUT2D eigenvalue weighted by Crippen LogP contribution is -2.46. The van der Waals surface area contributed by atoms with E-state index in [9.17, 15) is 4.79 Å². The molecule has 1 aliphatic heterocycles. The number of amides is 1. The van der Waals surface area contributed by atoms with E-state index < -0.39 is 0 Å². The summed E-state index contributed by atoms with van der Waals surface area (Å²) in [6.07, 6.45) is 6.05. The highest BCUT2D eigenvalue weighted by Crippen LogP contribution is 2.35. The standard InChI is InChI=1S/C18H27N3O/c1-18(2,3)21-12-15(11-17(21)22)20-16(13-7-8-13)10-14-6-4-5-9-19-14/h4-6,9,13,15-16,20H,7-8,10-12H2,1-3H3/t15-,16-/m0/s1. The Morgan fingerprint density at radius 1 is 1.36 bits per heavy atom. The van der Waals surface area contributed by atoms with Crippen LogP contribution in [0.5, 0.6) is 0 Å². The van der Waals surface area contributed by atoms with Gasteiger partial charge in [-0.1, -0.05) is 6.07 Å². The zero-order valence-electron chi connectivity index (χ0n) is 13.9. The van der Waals surface area contributed by atoms with Crippen molar-refractivity contribution in [2.24, 2.45) is 5.92 Å². The number of hydrogen-bond donors (Lipinski definition) is 1. The average Bonchev–Trinajstić information content (AvgIpc) is 3.22. The number of carbonyl (C=O) groups excluding carboxylic acids is 1. The molecule has 0 bridgehead atoms. The monoisotopic (exact) mass is 301 g/mol. The zero-order chi connectivity index (χ0) is 15.7. The Balaban J connectivity index is 1.62. The number of carbonyl (C=O) groups is 1. The van der Waals surface area contributed by atoms with Crippen molar-refractivity contribution in [3.8, 4) is 0 Å². The first-order valence-corrected chi connectivity index (χ1v) is 8.40. The molecule has 2 aliphatic rings. The van der Waals surface area contributed by atoms with E-state index in [1.54, 1.807) is 0 Å². The van der Waals surface area contributed by atoms with Crippen molar-refractivity contribution in [1.82, 2.24) is 15.2 Å². The van der Waals surface area contributed by atoms with Crippen LogP contribution in [-0.2, 0) is 11.2 Å². The summed E-state index contributed by atoms with van der Waals surface area (Å²) in [5.74, 6) is 1.03. The molecule has 4 nitrogen and oxygen atoms in total. The van der Waals surface area contributed by atoms with Crippen molar-refractivity contribution < 1.29 is 4.79 Å². The van der Waals surface area contributed by atoms with Crippen LogP contribution in [0.3, 0.4) is 0 Å². The molecule has 1 amide bonds. The first-order valence-electron chi connectivity index (χ1n) is 8.40. The third-order valence-electron chi connectivity index (χ3n) is 4.73. The van der Waals surface area contributed by atoms with Crippen molar-refractivity contribution in [3.63, 3.8) is 0 Å². The smallest absolute Gasteiger partial charge is 0.224 e. The van der Waals surface area contributed by atoms with E-state index in [0.717, 1.165) is 24.6 Å². The molecule has 2 fully saturated rings. The van der Waals surface area contributed by atoms with Crippen molar-refractivity contribution in [3.05, 3.63) is 30.1 Å². The number of pyridine rings is 1. The van der Waals surface area contributed by atoms with E-state index in [1.807, 2.05) is 23.2 Å². The van der Waals surface area contributed by atoms with Crippen molar-refractivity contribution >= 4 is 5.91 Å². The van der Waals surface area contributed by atoms with Crippen LogP contribution in [-0.4, -0.2) is 40.0 Å². The molecule has 2 heterocycles. The summed E-state index contributed by atoms with van der Waals surface area (Å²) in [7, 11) is 0. The molecule has 1 aliphatic carbocycles. The highest BCUT2D eigenvalue weighted by atomic mass is 16.2. The molecule has 1 N–H and O–H groups in total. The SMILES string of the molecule is CC(C)(C)N1C[C@@H](N[C@@H](Cc2ccccn2)C2CC2)CC1=O. The Morgan fingerprint density at radius 2 is 2.14 bits per heavy atom. The largest absolute Gasteiger partial charge is 0.336 e. The second kappa shape index (κ2) is 5.99. The highest BCUT2D eigenvalue weighted by Gasteiger charge is 2.39. The van der Waals surface area contributed by atoms with Gasteiger partial charge in [0.2, 0.25) is 5.91 Å². The van der Waals surface area contributed by atoms with Gasteiger partial charge >= 0.3 is 0 Å². The Kier molecular flexibility index (Phi) is 4.22. The van der Waals surface area contributed by atoms with Crippen LogP contribution in [0.1, 0.15) is 45.7 Å². The van der Waals surface area contributed by atoms with E-state index in [4.69, 9.17) is 0 Å². The Morgan fingerprint density at radius 3 is 2.68 bits per heavy atom. The maximum atomic E-state index is 12.2. The molecule has 2 atom stereocenters.